The Morgan fingerprint density at radius 2 is 2.06 bits per heavy atom. The molecule has 0 aromatic heterocycles. The zero-order chi connectivity index (χ0) is 12.4. The highest BCUT2D eigenvalue weighted by atomic mass is 19.2. The molecule has 1 aliphatic rings. The van der Waals surface area contributed by atoms with Gasteiger partial charge in [-0.1, -0.05) is 19.4 Å². The first kappa shape index (κ1) is 12.3. The topological polar surface area (TPSA) is 9.23 Å². The lowest BCUT2D eigenvalue weighted by Gasteiger charge is -2.17. The molecule has 3 heteroatoms. The summed E-state index contributed by atoms with van der Waals surface area (Å²) in [4.78, 5) is 0. The quantitative estimate of drug-likeness (QED) is 0.753. The van der Waals surface area contributed by atoms with E-state index in [4.69, 9.17) is 4.74 Å². The second kappa shape index (κ2) is 5.03. The first-order chi connectivity index (χ1) is 8.13. The molecule has 1 nitrogen and oxygen atoms in total. The molecular weight excluding hydrogens is 222 g/mol. The van der Waals surface area contributed by atoms with Gasteiger partial charge in [-0.25, -0.2) is 4.39 Å². The summed E-state index contributed by atoms with van der Waals surface area (Å²) >= 11 is 0. The van der Waals surface area contributed by atoms with Crippen molar-refractivity contribution in [1.29, 1.82) is 0 Å². The van der Waals surface area contributed by atoms with E-state index in [2.05, 4.69) is 0 Å². The van der Waals surface area contributed by atoms with Crippen LogP contribution in [0.1, 0.15) is 38.7 Å². The number of aryl methyl sites for hydroxylation is 1. The Balaban J connectivity index is 2.24. The lowest BCUT2D eigenvalue weighted by atomic mass is 10.1. The van der Waals surface area contributed by atoms with Gasteiger partial charge in [-0.05, 0) is 43.7 Å². The summed E-state index contributed by atoms with van der Waals surface area (Å²) in [5.74, 6) is -1.05. The van der Waals surface area contributed by atoms with Gasteiger partial charge in [0.1, 0.15) is 0 Å². The highest BCUT2D eigenvalue weighted by Gasteiger charge is 2.30. The van der Waals surface area contributed by atoms with Crippen molar-refractivity contribution in [2.45, 2.75) is 45.6 Å². The number of ether oxygens (including phenoxy) is 1. The molecule has 17 heavy (non-hydrogen) atoms. The summed E-state index contributed by atoms with van der Waals surface area (Å²) < 4.78 is 32.6. The zero-order valence-corrected chi connectivity index (χ0v) is 10.3. The molecule has 0 radical (unpaired) electrons. The fraction of sp³-hybridized carbons (Fsp3) is 0.571. The van der Waals surface area contributed by atoms with Crippen molar-refractivity contribution in [3.05, 3.63) is 29.3 Å². The van der Waals surface area contributed by atoms with Crippen LogP contribution in [0.5, 0.6) is 5.75 Å². The Kier molecular flexibility index (Phi) is 3.65. The zero-order valence-electron chi connectivity index (χ0n) is 10.3. The van der Waals surface area contributed by atoms with Gasteiger partial charge >= 0.3 is 0 Å². The fourth-order valence-corrected chi connectivity index (χ4v) is 2.01. The van der Waals surface area contributed by atoms with Crippen LogP contribution in [0.15, 0.2) is 12.1 Å². The maximum absolute atomic E-state index is 13.7. The maximum atomic E-state index is 13.7. The van der Waals surface area contributed by atoms with Crippen LogP contribution in [-0.4, -0.2) is 6.10 Å². The third-order valence-corrected chi connectivity index (χ3v) is 3.24. The summed E-state index contributed by atoms with van der Waals surface area (Å²) in [6, 6.07) is 2.80. The van der Waals surface area contributed by atoms with Gasteiger partial charge in [0.2, 0.25) is 5.82 Å². The van der Waals surface area contributed by atoms with Gasteiger partial charge in [-0.3, -0.25) is 0 Å². The van der Waals surface area contributed by atoms with Crippen molar-refractivity contribution in [3.8, 4) is 5.75 Å². The van der Waals surface area contributed by atoms with Gasteiger partial charge in [0.15, 0.2) is 11.6 Å². The summed E-state index contributed by atoms with van der Waals surface area (Å²) in [5, 5.41) is 0. The molecule has 1 atom stereocenters. The summed E-state index contributed by atoms with van der Waals surface area (Å²) in [6.07, 6.45) is 3.83. The smallest absolute Gasteiger partial charge is 0.200 e. The first-order valence-corrected chi connectivity index (χ1v) is 6.27. The molecule has 0 saturated heterocycles. The average Bonchev–Trinajstić information content (AvgIpc) is 3.12. The van der Waals surface area contributed by atoms with E-state index in [1.807, 2.05) is 13.8 Å². The van der Waals surface area contributed by atoms with Crippen LogP contribution in [0.4, 0.5) is 8.78 Å². The molecule has 0 spiro atoms. The van der Waals surface area contributed by atoms with Gasteiger partial charge in [-0.2, -0.15) is 4.39 Å². The number of hydrogen-bond donors (Lipinski definition) is 0. The van der Waals surface area contributed by atoms with E-state index in [9.17, 15) is 8.78 Å². The number of halogens is 2. The second-order valence-corrected chi connectivity index (χ2v) is 4.76. The molecule has 1 fully saturated rings. The Labute approximate surface area is 101 Å². The molecule has 2 rings (SSSR count). The average molecular weight is 240 g/mol. The molecule has 0 bridgehead atoms. The van der Waals surface area contributed by atoms with Crippen LogP contribution in [-0.2, 0) is 6.42 Å². The molecule has 0 amide bonds. The minimum Gasteiger partial charge on any atom is -0.487 e. The lowest BCUT2D eigenvalue weighted by Crippen LogP contribution is -2.16. The Morgan fingerprint density at radius 1 is 1.35 bits per heavy atom. The highest BCUT2D eigenvalue weighted by Crippen LogP contribution is 2.36. The summed E-state index contributed by atoms with van der Waals surface area (Å²) in [5.41, 5.74) is 0.763. The monoisotopic (exact) mass is 240 g/mol. The van der Waals surface area contributed by atoms with E-state index in [0.29, 0.717) is 12.3 Å². The molecule has 1 aliphatic carbocycles. The molecule has 1 aromatic carbocycles. The van der Waals surface area contributed by atoms with Gasteiger partial charge in [0.25, 0.3) is 0 Å². The van der Waals surface area contributed by atoms with Crippen LogP contribution < -0.4 is 4.74 Å². The van der Waals surface area contributed by atoms with Crippen LogP contribution in [0.25, 0.3) is 0 Å². The predicted octanol–water partition coefficient (Wildman–Crippen LogP) is 4.09. The molecule has 94 valence electrons. The van der Waals surface area contributed by atoms with Crippen molar-refractivity contribution in [2.75, 3.05) is 0 Å². The Bertz CT molecular complexity index is 399. The van der Waals surface area contributed by atoms with Gasteiger partial charge in [-0.15, -0.1) is 0 Å². The minimum atomic E-state index is -0.844. The van der Waals surface area contributed by atoms with E-state index in [1.165, 1.54) is 6.07 Å². The third-order valence-electron chi connectivity index (χ3n) is 3.24. The van der Waals surface area contributed by atoms with Crippen LogP contribution in [0.2, 0.25) is 0 Å². The molecule has 0 N–H and O–H groups in total. The molecular formula is C14H18F2O. The first-order valence-electron chi connectivity index (χ1n) is 6.27. The molecule has 0 heterocycles. The summed E-state index contributed by atoms with van der Waals surface area (Å²) in [7, 11) is 0. The number of rotatable bonds is 5. The fourth-order valence-electron chi connectivity index (χ4n) is 2.01. The van der Waals surface area contributed by atoms with E-state index < -0.39 is 11.6 Å². The third kappa shape index (κ3) is 2.76. The van der Waals surface area contributed by atoms with Crippen LogP contribution >= 0.6 is 0 Å². The van der Waals surface area contributed by atoms with E-state index >= 15 is 0 Å². The molecule has 1 saturated carbocycles. The second-order valence-electron chi connectivity index (χ2n) is 4.76. The number of hydrogen-bond acceptors (Lipinski definition) is 1. The standard InChI is InChI=1S/C14H18F2O/c1-3-4-11-7-8-12(15)13(16)14(11)17-9(2)10-5-6-10/h7-10H,3-6H2,1-2H3. The normalized spacial score (nSPS) is 16.9. The maximum Gasteiger partial charge on any atom is 0.200 e. The van der Waals surface area contributed by atoms with Crippen molar-refractivity contribution >= 4 is 0 Å². The van der Waals surface area contributed by atoms with Gasteiger partial charge < -0.3 is 4.74 Å². The Hall–Kier alpha value is -1.12. The van der Waals surface area contributed by atoms with Crippen molar-refractivity contribution < 1.29 is 13.5 Å². The van der Waals surface area contributed by atoms with Gasteiger partial charge in [0.05, 0.1) is 6.10 Å². The van der Waals surface area contributed by atoms with Gasteiger partial charge in [0, 0.05) is 0 Å². The van der Waals surface area contributed by atoms with Crippen molar-refractivity contribution in [3.63, 3.8) is 0 Å². The Morgan fingerprint density at radius 3 is 2.65 bits per heavy atom. The SMILES string of the molecule is CCCc1ccc(F)c(F)c1OC(C)C1CC1. The largest absolute Gasteiger partial charge is 0.487 e. The molecule has 1 aromatic rings. The van der Waals surface area contributed by atoms with Crippen molar-refractivity contribution in [2.24, 2.45) is 5.92 Å². The van der Waals surface area contributed by atoms with E-state index in [1.54, 1.807) is 6.07 Å². The minimum absolute atomic E-state index is 0.0260. The molecule has 1 unspecified atom stereocenters. The molecule has 0 aliphatic heterocycles. The lowest BCUT2D eigenvalue weighted by molar-refractivity contribution is 0.185. The highest BCUT2D eigenvalue weighted by molar-refractivity contribution is 5.36. The number of benzene rings is 1. The predicted molar refractivity (Wildman–Crippen MR) is 63.2 cm³/mol. The van der Waals surface area contributed by atoms with E-state index in [-0.39, 0.29) is 11.9 Å². The van der Waals surface area contributed by atoms with Crippen LogP contribution in [0, 0.1) is 17.6 Å². The van der Waals surface area contributed by atoms with Crippen LogP contribution in [0.3, 0.4) is 0 Å². The summed E-state index contributed by atoms with van der Waals surface area (Å²) in [6.45, 7) is 3.94. The van der Waals surface area contributed by atoms with E-state index in [0.717, 1.165) is 24.8 Å². The van der Waals surface area contributed by atoms with Crippen molar-refractivity contribution in [1.82, 2.24) is 0 Å².